The molecular formula is C57H41NO. The van der Waals surface area contributed by atoms with Crippen LogP contribution in [0.1, 0.15) is 25.0 Å². The third-order valence-corrected chi connectivity index (χ3v) is 12.3. The van der Waals surface area contributed by atoms with Gasteiger partial charge in [-0.25, -0.2) is 0 Å². The summed E-state index contributed by atoms with van der Waals surface area (Å²) in [4.78, 5) is 2.52. The van der Waals surface area contributed by atoms with Crippen molar-refractivity contribution >= 4 is 39.0 Å². The van der Waals surface area contributed by atoms with Gasteiger partial charge in [0.2, 0.25) is 0 Å². The van der Waals surface area contributed by atoms with Gasteiger partial charge in [0.15, 0.2) is 0 Å². The molecule has 2 heteroatoms. The first-order chi connectivity index (χ1) is 29.0. The molecule has 59 heavy (non-hydrogen) atoms. The Hall–Kier alpha value is -7.42. The maximum absolute atomic E-state index is 6.19. The first kappa shape index (κ1) is 34.8. The van der Waals surface area contributed by atoms with E-state index in [9.17, 15) is 0 Å². The van der Waals surface area contributed by atoms with E-state index in [0.717, 1.165) is 44.4 Å². The maximum Gasteiger partial charge on any atom is 0.135 e. The summed E-state index contributed by atoms with van der Waals surface area (Å²) >= 11 is 0. The molecule has 1 aromatic heterocycles. The van der Waals surface area contributed by atoms with Gasteiger partial charge < -0.3 is 9.32 Å². The summed E-state index contributed by atoms with van der Waals surface area (Å²) in [7, 11) is 0. The van der Waals surface area contributed by atoms with Crippen LogP contribution in [0.15, 0.2) is 217 Å². The summed E-state index contributed by atoms with van der Waals surface area (Å²) in [5.74, 6) is 0. The third-order valence-electron chi connectivity index (χ3n) is 12.3. The van der Waals surface area contributed by atoms with Gasteiger partial charge in [-0.3, -0.25) is 0 Å². The van der Waals surface area contributed by atoms with E-state index < -0.39 is 0 Å². The normalized spacial score (nSPS) is 12.7. The van der Waals surface area contributed by atoms with Gasteiger partial charge >= 0.3 is 0 Å². The van der Waals surface area contributed by atoms with Crippen molar-refractivity contribution in [3.8, 4) is 55.6 Å². The van der Waals surface area contributed by atoms with Crippen molar-refractivity contribution in [2.24, 2.45) is 0 Å². The summed E-state index contributed by atoms with van der Waals surface area (Å²) in [5, 5.41) is 2.26. The number of anilines is 3. The van der Waals surface area contributed by atoms with Gasteiger partial charge in [-0.2, -0.15) is 0 Å². The van der Waals surface area contributed by atoms with Crippen LogP contribution in [-0.2, 0) is 5.41 Å². The highest BCUT2D eigenvalue weighted by atomic mass is 16.3. The summed E-state index contributed by atoms with van der Waals surface area (Å²) < 4.78 is 6.19. The van der Waals surface area contributed by atoms with Crippen LogP contribution in [0.5, 0.6) is 0 Å². The number of nitrogens with zero attached hydrogens (tertiary/aromatic N) is 1. The molecule has 0 N–H and O–H groups in total. The Morgan fingerprint density at radius 2 is 0.932 bits per heavy atom. The van der Waals surface area contributed by atoms with Gasteiger partial charge in [-0.15, -0.1) is 0 Å². The first-order valence-electron chi connectivity index (χ1n) is 20.4. The van der Waals surface area contributed by atoms with Crippen molar-refractivity contribution < 1.29 is 4.42 Å². The molecule has 9 aromatic carbocycles. The zero-order valence-electron chi connectivity index (χ0n) is 33.1. The Kier molecular flexibility index (Phi) is 8.20. The van der Waals surface area contributed by atoms with E-state index in [1.54, 1.807) is 0 Å². The molecule has 0 amide bonds. The molecule has 280 valence electrons. The molecule has 0 bridgehead atoms. The van der Waals surface area contributed by atoms with Crippen LogP contribution in [-0.4, -0.2) is 0 Å². The van der Waals surface area contributed by atoms with Gasteiger partial charge in [-0.05, 0) is 104 Å². The average Bonchev–Trinajstić information content (AvgIpc) is 3.79. The zero-order chi connectivity index (χ0) is 39.5. The van der Waals surface area contributed by atoms with E-state index in [4.69, 9.17) is 4.42 Å². The number of furan rings is 1. The second-order valence-electron chi connectivity index (χ2n) is 16.0. The quantitative estimate of drug-likeness (QED) is 0.161. The monoisotopic (exact) mass is 755 g/mol. The Labute approximate surface area is 345 Å². The molecule has 1 aliphatic carbocycles. The molecule has 0 aliphatic heterocycles. The van der Waals surface area contributed by atoms with Crippen molar-refractivity contribution in [3.63, 3.8) is 0 Å². The maximum atomic E-state index is 6.19. The number of hydrogen-bond acceptors (Lipinski definition) is 2. The van der Waals surface area contributed by atoms with Gasteiger partial charge in [0.25, 0.3) is 0 Å². The topological polar surface area (TPSA) is 16.4 Å². The highest BCUT2D eigenvalue weighted by molar-refractivity contribution is 6.07. The van der Waals surface area contributed by atoms with Crippen LogP contribution in [0.4, 0.5) is 17.1 Å². The third kappa shape index (κ3) is 5.71. The molecule has 0 fully saturated rings. The van der Waals surface area contributed by atoms with Crippen LogP contribution in [0.2, 0.25) is 0 Å². The number of fused-ring (bicyclic) bond motifs is 6. The van der Waals surface area contributed by atoms with Gasteiger partial charge in [-0.1, -0.05) is 184 Å². The minimum atomic E-state index is -0.233. The lowest BCUT2D eigenvalue weighted by Gasteiger charge is -2.34. The molecule has 0 spiro atoms. The number of para-hydroxylation sites is 1. The zero-order valence-corrected chi connectivity index (χ0v) is 33.1. The lowest BCUT2D eigenvalue weighted by Crippen LogP contribution is -2.21. The Morgan fingerprint density at radius 1 is 0.373 bits per heavy atom. The van der Waals surface area contributed by atoms with Crippen LogP contribution >= 0.6 is 0 Å². The van der Waals surface area contributed by atoms with E-state index in [-0.39, 0.29) is 5.41 Å². The predicted molar refractivity (Wildman–Crippen MR) is 248 cm³/mol. The highest BCUT2D eigenvalue weighted by Crippen LogP contribution is 2.56. The lowest BCUT2D eigenvalue weighted by molar-refractivity contribution is 0.661. The molecule has 0 saturated carbocycles. The van der Waals surface area contributed by atoms with E-state index >= 15 is 0 Å². The van der Waals surface area contributed by atoms with Crippen molar-refractivity contribution in [1.29, 1.82) is 0 Å². The van der Waals surface area contributed by atoms with Crippen molar-refractivity contribution in [3.05, 3.63) is 223 Å². The minimum Gasteiger partial charge on any atom is -0.456 e. The number of hydrogen-bond donors (Lipinski definition) is 0. The molecule has 1 heterocycles. The summed E-state index contributed by atoms with van der Waals surface area (Å²) in [6, 6.07) is 77.0. The molecule has 0 saturated heterocycles. The largest absolute Gasteiger partial charge is 0.456 e. The van der Waals surface area contributed by atoms with Gasteiger partial charge in [0.05, 0.1) is 11.4 Å². The molecule has 10 aromatic rings. The first-order valence-corrected chi connectivity index (χ1v) is 20.4. The van der Waals surface area contributed by atoms with E-state index in [0.29, 0.717) is 0 Å². The van der Waals surface area contributed by atoms with Crippen molar-refractivity contribution in [2.75, 3.05) is 4.90 Å². The fraction of sp³-hybridized carbons (Fsp3) is 0.0526. The molecule has 0 atom stereocenters. The van der Waals surface area contributed by atoms with Crippen LogP contribution in [0.25, 0.3) is 77.6 Å². The van der Waals surface area contributed by atoms with E-state index in [2.05, 4.69) is 219 Å². The van der Waals surface area contributed by atoms with Crippen LogP contribution in [0.3, 0.4) is 0 Å². The molecule has 0 radical (unpaired) electrons. The van der Waals surface area contributed by atoms with Crippen LogP contribution in [0, 0.1) is 0 Å². The highest BCUT2D eigenvalue weighted by Gasteiger charge is 2.39. The summed E-state index contributed by atoms with van der Waals surface area (Å²) in [6.07, 6.45) is 0. The van der Waals surface area contributed by atoms with Crippen molar-refractivity contribution in [1.82, 2.24) is 0 Å². The Balaban J connectivity index is 1.17. The van der Waals surface area contributed by atoms with Gasteiger partial charge in [0.1, 0.15) is 11.2 Å². The molecular weight excluding hydrogens is 715 g/mol. The predicted octanol–water partition coefficient (Wildman–Crippen LogP) is 16.0. The minimum absolute atomic E-state index is 0.233. The fourth-order valence-corrected chi connectivity index (χ4v) is 9.56. The summed E-state index contributed by atoms with van der Waals surface area (Å²) in [5.41, 5.74) is 19.7. The molecule has 0 unspecified atom stereocenters. The van der Waals surface area contributed by atoms with E-state index in [1.807, 2.05) is 12.1 Å². The Morgan fingerprint density at radius 3 is 1.69 bits per heavy atom. The molecule has 11 rings (SSSR count). The lowest BCUT2D eigenvalue weighted by atomic mass is 9.81. The second kappa shape index (κ2) is 13.9. The molecule has 2 nitrogen and oxygen atoms in total. The van der Waals surface area contributed by atoms with Crippen molar-refractivity contribution in [2.45, 2.75) is 19.3 Å². The second-order valence-corrected chi connectivity index (χ2v) is 16.0. The smallest absolute Gasteiger partial charge is 0.135 e. The summed E-state index contributed by atoms with van der Waals surface area (Å²) in [6.45, 7) is 4.76. The standard InChI is InChI=1S/C57H41NO/c1-57(2)50-27-13-11-22-45(50)48-26-16-29-52(56(48)57)58(42-34-31-38(32-35-42)41-33-36-54-49(37-41)46-23-12-14-30-53(46)59-54)51-28-15-25-44(40-19-7-4-8-20-40)55(51)47-24-10-9-21-43(47)39-17-5-3-6-18-39/h3-37H,1-2H3. The molecule has 1 aliphatic rings. The number of benzene rings is 9. The average molecular weight is 756 g/mol. The van der Waals surface area contributed by atoms with E-state index in [1.165, 1.54) is 61.3 Å². The number of rotatable bonds is 7. The Bertz CT molecular complexity index is 3170. The fourth-order valence-electron chi connectivity index (χ4n) is 9.56. The van der Waals surface area contributed by atoms with Crippen LogP contribution < -0.4 is 4.90 Å². The SMILES string of the molecule is CC1(C)c2ccccc2-c2cccc(N(c3ccc(-c4ccc5oc6ccccc6c5c4)cc3)c3cccc(-c4ccccc4)c3-c3ccccc3-c3ccccc3)c21. The van der Waals surface area contributed by atoms with Gasteiger partial charge in [0, 0.05) is 27.4 Å².